The van der Waals surface area contributed by atoms with Gasteiger partial charge >= 0.3 is 0 Å². The van der Waals surface area contributed by atoms with E-state index in [9.17, 15) is 18.4 Å². The topological polar surface area (TPSA) is 88.8 Å². The highest BCUT2D eigenvalue weighted by molar-refractivity contribution is 5.96. The van der Waals surface area contributed by atoms with Crippen molar-refractivity contribution in [2.24, 2.45) is 17.1 Å². The van der Waals surface area contributed by atoms with E-state index in [0.29, 0.717) is 31.2 Å². The molecular weight excluding hydrogens is 382 g/mol. The van der Waals surface area contributed by atoms with E-state index in [1.54, 1.807) is 6.07 Å². The highest BCUT2D eigenvalue weighted by Crippen LogP contribution is 2.39. The fourth-order valence-corrected chi connectivity index (χ4v) is 3.95. The van der Waals surface area contributed by atoms with E-state index in [1.807, 2.05) is 13.8 Å². The fourth-order valence-electron chi connectivity index (χ4n) is 3.95. The summed E-state index contributed by atoms with van der Waals surface area (Å²) in [5, 5.41) is 0. The van der Waals surface area contributed by atoms with E-state index < -0.39 is 36.9 Å². The van der Waals surface area contributed by atoms with E-state index in [2.05, 4.69) is 4.98 Å². The maximum Gasteiger partial charge on any atom is 0.282 e. The normalized spacial score (nSPS) is 24.9. The van der Waals surface area contributed by atoms with Gasteiger partial charge in [0.05, 0.1) is 19.7 Å². The van der Waals surface area contributed by atoms with E-state index in [1.165, 1.54) is 15.9 Å². The van der Waals surface area contributed by atoms with Crippen molar-refractivity contribution in [2.45, 2.75) is 45.1 Å². The maximum absolute atomic E-state index is 13.3. The van der Waals surface area contributed by atoms with Gasteiger partial charge in [0, 0.05) is 6.54 Å². The van der Waals surface area contributed by atoms with Gasteiger partial charge in [-0.3, -0.25) is 9.59 Å². The molecule has 0 aromatic carbocycles. The predicted molar refractivity (Wildman–Crippen MR) is 102 cm³/mol. The number of carbonyl (C=O) groups excluding carboxylic acids is 2. The second-order valence-corrected chi connectivity index (χ2v) is 9.21. The summed E-state index contributed by atoms with van der Waals surface area (Å²) in [7, 11) is 0. The number of aromatic nitrogens is 1. The molecule has 2 N–H and O–H groups in total. The second-order valence-electron chi connectivity index (χ2n) is 9.21. The van der Waals surface area contributed by atoms with Gasteiger partial charge in [0.2, 0.25) is 11.8 Å². The highest BCUT2D eigenvalue weighted by atomic mass is 19.3. The Morgan fingerprint density at radius 1 is 1.24 bits per heavy atom. The number of nitrogens with zero attached hydrogens (tertiary/aromatic N) is 3. The minimum atomic E-state index is -2.72. The largest absolute Gasteiger partial charge is 0.476 e. The Balaban J connectivity index is 1.58. The summed E-state index contributed by atoms with van der Waals surface area (Å²) >= 11 is 0. The zero-order valence-electron chi connectivity index (χ0n) is 16.7. The van der Waals surface area contributed by atoms with E-state index in [4.69, 9.17) is 10.5 Å². The molecule has 1 aromatic rings. The quantitative estimate of drug-likeness (QED) is 0.778. The third-order valence-corrected chi connectivity index (χ3v) is 5.71. The van der Waals surface area contributed by atoms with Crippen LogP contribution >= 0.6 is 0 Å². The number of rotatable bonds is 6. The molecule has 3 heterocycles. The summed E-state index contributed by atoms with van der Waals surface area (Å²) in [6, 6.07) is 2.41. The van der Waals surface area contributed by atoms with Crippen LogP contribution in [0.2, 0.25) is 0 Å². The second kappa shape index (κ2) is 6.81. The number of primary amides is 1. The number of nitrogens with two attached hydrogens (primary N) is 1. The molecule has 4 rings (SSSR count). The Kier molecular flexibility index (Phi) is 4.66. The van der Waals surface area contributed by atoms with Crippen LogP contribution in [0.4, 0.5) is 14.5 Å². The maximum atomic E-state index is 13.3. The van der Waals surface area contributed by atoms with E-state index in [0.717, 1.165) is 12.8 Å². The highest BCUT2D eigenvalue weighted by Gasteiger charge is 2.46. The molecule has 2 saturated heterocycles. The van der Waals surface area contributed by atoms with E-state index >= 15 is 0 Å². The lowest BCUT2D eigenvalue weighted by atomic mass is 9.90. The Hall–Kier alpha value is -2.45. The van der Waals surface area contributed by atoms with Crippen molar-refractivity contribution < 1.29 is 23.1 Å². The van der Waals surface area contributed by atoms with Crippen molar-refractivity contribution in [1.29, 1.82) is 0 Å². The molecule has 2 amide bonds. The van der Waals surface area contributed by atoms with Gasteiger partial charge < -0.3 is 20.3 Å². The summed E-state index contributed by atoms with van der Waals surface area (Å²) in [5.74, 6) is -3.05. The predicted octanol–water partition coefficient (Wildman–Crippen LogP) is 2.05. The fraction of sp³-hybridized carbons (Fsp3) is 0.650. The van der Waals surface area contributed by atoms with Crippen LogP contribution in [-0.4, -0.2) is 59.9 Å². The number of ether oxygens (including phenoxy) is 1. The number of amides is 2. The van der Waals surface area contributed by atoms with Crippen LogP contribution in [0.15, 0.2) is 12.1 Å². The Morgan fingerprint density at radius 2 is 1.93 bits per heavy atom. The molecule has 1 saturated carbocycles. The minimum absolute atomic E-state index is 0.121. The van der Waals surface area contributed by atoms with Crippen LogP contribution in [0, 0.1) is 11.3 Å². The molecule has 1 aromatic heterocycles. The lowest BCUT2D eigenvalue weighted by Crippen LogP contribution is -2.56. The van der Waals surface area contributed by atoms with Crippen molar-refractivity contribution in [2.75, 3.05) is 31.1 Å². The molecule has 0 bridgehead atoms. The van der Waals surface area contributed by atoms with Gasteiger partial charge in [0.15, 0.2) is 0 Å². The van der Waals surface area contributed by atoms with Crippen molar-refractivity contribution >= 4 is 17.5 Å². The molecule has 2 aliphatic heterocycles. The molecule has 3 aliphatic rings. The monoisotopic (exact) mass is 408 g/mol. The van der Waals surface area contributed by atoms with Crippen LogP contribution in [0.5, 0.6) is 5.88 Å². The summed E-state index contributed by atoms with van der Waals surface area (Å²) in [6.07, 6.45) is 2.62. The average Bonchev–Trinajstić information content (AvgIpc) is 3.38. The van der Waals surface area contributed by atoms with Gasteiger partial charge in [-0.2, -0.15) is 0 Å². The van der Waals surface area contributed by atoms with Gasteiger partial charge in [-0.25, -0.2) is 13.8 Å². The van der Waals surface area contributed by atoms with Crippen LogP contribution in [0.1, 0.15) is 43.6 Å². The molecule has 0 spiro atoms. The Morgan fingerprint density at radius 3 is 2.52 bits per heavy atom. The van der Waals surface area contributed by atoms with Crippen molar-refractivity contribution in [1.82, 2.24) is 9.88 Å². The van der Waals surface area contributed by atoms with E-state index in [-0.39, 0.29) is 17.0 Å². The van der Waals surface area contributed by atoms with Crippen molar-refractivity contribution in [3.8, 4) is 5.88 Å². The Bertz CT molecular complexity index is 833. The standard InChI is InChI=1S/C20H26F2N4O3/c1-19(2)7-15(16(23)27)26(9-19)18(28)13-5-6-14(25-10-20(21,22)11-25)17(24-13)29-8-12-3-4-12/h5-6,12,15H,3-4,7-11H2,1-2H3,(H2,23,27)/t15-/m1/s1. The third kappa shape index (κ3) is 4.13. The third-order valence-electron chi connectivity index (χ3n) is 5.71. The zero-order chi connectivity index (χ0) is 21.0. The molecule has 29 heavy (non-hydrogen) atoms. The number of anilines is 1. The van der Waals surface area contributed by atoms with Crippen LogP contribution in [0.25, 0.3) is 0 Å². The first-order chi connectivity index (χ1) is 13.5. The SMILES string of the molecule is CC1(C)C[C@H](C(N)=O)N(C(=O)c2ccc(N3CC(F)(F)C3)c(OCC3CC3)n2)C1. The van der Waals surface area contributed by atoms with Crippen LogP contribution < -0.4 is 15.4 Å². The number of alkyl halides is 2. The number of likely N-dealkylation sites (tertiary alicyclic amines) is 1. The van der Waals surface area contributed by atoms with Crippen molar-refractivity contribution in [3.05, 3.63) is 17.8 Å². The first kappa shape index (κ1) is 19.8. The first-order valence-corrected chi connectivity index (χ1v) is 9.92. The number of carbonyl (C=O) groups is 2. The summed E-state index contributed by atoms with van der Waals surface area (Å²) < 4.78 is 32.4. The molecule has 7 nitrogen and oxygen atoms in total. The molecule has 1 aliphatic carbocycles. The molecule has 9 heteroatoms. The summed E-state index contributed by atoms with van der Waals surface area (Å²) in [4.78, 5) is 32.2. The summed E-state index contributed by atoms with van der Waals surface area (Å²) in [5.41, 5.74) is 5.85. The lowest BCUT2D eigenvalue weighted by molar-refractivity contribution is -0.121. The molecule has 158 valence electrons. The molecule has 1 atom stereocenters. The molecule has 0 unspecified atom stereocenters. The number of pyridine rings is 1. The van der Waals surface area contributed by atoms with Gasteiger partial charge in [0.25, 0.3) is 11.8 Å². The average molecular weight is 408 g/mol. The molecule has 3 fully saturated rings. The van der Waals surface area contributed by atoms with Gasteiger partial charge in [0.1, 0.15) is 17.4 Å². The van der Waals surface area contributed by atoms with Gasteiger partial charge in [-0.15, -0.1) is 0 Å². The Labute approximate surface area is 168 Å². The van der Waals surface area contributed by atoms with Gasteiger partial charge in [-0.1, -0.05) is 13.8 Å². The molecular formula is C20H26F2N4O3. The smallest absolute Gasteiger partial charge is 0.282 e. The minimum Gasteiger partial charge on any atom is -0.476 e. The van der Waals surface area contributed by atoms with Gasteiger partial charge in [-0.05, 0) is 42.7 Å². The van der Waals surface area contributed by atoms with Crippen molar-refractivity contribution in [3.63, 3.8) is 0 Å². The van der Waals surface area contributed by atoms with Crippen LogP contribution in [-0.2, 0) is 4.79 Å². The van der Waals surface area contributed by atoms with Crippen LogP contribution in [0.3, 0.4) is 0 Å². The lowest BCUT2D eigenvalue weighted by Gasteiger charge is -2.40. The number of hydrogen-bond donors (Lipinski definition) is 1. The summed E-state index contributed by atoms with van der Waals surface area (Å²) in [6.45, 7) is 3.99. The number of halogens is 2. The zero-order valence-corrected chi connectivity index (χ0v) is 16.7. The first-order valence-electron chi connectivity index (χ1n) is 9.92. The number of hydrogen-bond acceptors (Lipinski definition) is 5. The molecule has 0 radical (unpaired) electrons.